The molecule has 0 heterocycles. The molecule has 0 amide bonds. The normalized spacial score (nSPS) is 11.4. The van der Waals surface area contributed by atoms with E-state index in [0.29, 0.717) is 0 Å². The Morgan fingerprint density at radius 2 is 1.13 bits per heavy atom. The summed E-state index contributed by atoms with van der Waals surface area (Å²) in [7, 11) is 0. The van der Waals surface area contributed by atoms with Crippen molar-refractivity contribution < 1.29 is 0 Å². The molecule has 0 unspecified atom stereocenters. The van der Waals surface area contributed by atoms with Gasteiger partial charge in [0.25, 0.3) is 0 Å². The van der Waals surface area contributed by atoms with Crippen molar-refractivity contribution in [2.24, 2.45) is 0 Å². The van der Waals surface area contributed by atoms with Crippen molar-refractivity contribution >= 4 is 33.7 Å². The molecule has 0 atom stereocenters. The molecule has 0 aliphatic rings. The molecule has 0 aliphatic heterocycles. The van der Waals surface area contributed by atoms with Crippen LogP contribution >= 0.6 is 0 Å². The molecule has 31 heavy (non-hydrogen) atoms. The Morgan fingerprint density at radius 3 is 1.68 bits per heavy atom. The van der Waals surface area contributed by atoms with Crippen molar-refractivity contribution in [1.29, 1.82) is 0 Å². The van der Waals surface area contributed by atoms with E-state index in [2.05, 4.69) is 123 Å². The van der Waals surface area contributed by atoms with Gasteiger partial charge in [0.1, 0.15) is 0 Å². The highest BCUT2D eigenvalue weighted by Gasteiger charge is 2.18. The van der Waals surface area contributed by atoms with E-state index in [1.165, 1.54) is 49.4 Å². The lowest BCUT2D eigenvalue weighted by Gasteiger charge is -2.19. The van der Waals surface area contributed by atoms with Crippen LogP contribution < -0.4 is 0 Å². The lowest BCUT2D eigenvalue weighted by Crippen LogP contribution is -1.93. The molecule has 0 fully saturated rings. The van der Waals surface area contributed by atoms with E-state index in [-0.39, 0.29) is 0 Å². The van der Waals surface area contributed by atoms with Crippen molar-refractivity contribution in [3.63, 3.8) is 0 Å². The van der Waals surface area contributed by atoms with E-state index in [1.807, 2.05) is 6.08 Å². The van der Waals surface area contributed by atoms with Crippen molar-refractivity contribution in [2.75, 3.05) is 0 Å². The van der Waals surface area contributed by atoms with Gasteiger partial charge in [-0.25, -0.2) is 0 Å². The summed E-state index contributed by atoms with van der Waals surface area (Å²) >= 11 is 0. The third-order valence-electron chi connectivity index (χ3n) is 5.96. The topological polar surface area (TPSA) is 0 Å². The summed E-state index contributed by atoms with van der Waals surface area (Å²) in [6.07, 6.45) is 6.25. The molecule has 5 aromatic rings. The van der Waals surface area contributed by atoms with E-state index in [1.54, 1.807) is 0 Å². The van der Waals surface area contributed by atoms with Crippen LogP contribution in [-0.4, -0.2) is 0 Å². The summed E-state index contributed by atoms with van der Waals surface area (Å²) < 4.78 is 0. The molecule has 0 bridgehead atoms. The van der Waals surface area contributed by atoms with Crippen molar-refractivity contribution in [1.82, 2.24) is 0 Å². The molecule has 0 aliphatic carbocycles. The number of rotatable bonds is 4. The molecule has 5 rings (SSSR count). The van der Waals surface area contributed by atoms with Crippen LogP contribution in [0.4, 0.5) is 0 Å². The maximum atomic E-state index is 4.05. The van der Waals surface area contributed by atoms with E-state index in [4.69, 9.17) is 0 Å². The van der Waals surface area contributed by atoms with Crippen LogP contribution in [0.15, 0.2) is 110 Å². The fourth-order valence-corrected chi connectivity index (χ4v) is 4.67. The van der Waals surface area contributed by atoms with Crippen LogP contribution in [0, 0.1) is 0 Å². The van der Waals surface area contributed by atoms with Gasteiger partial charge < -0.3 is 0 Å². The Labute approximate surface area is 183 Å². The first kappa shape index (κ1) is 19.1. The smallest absolute Gasteiger partial charge is 0.00201 e. The molecule has 148 valence electrons. The van der Waals surface area contributed by atoms with Crippen LogP contribution in [0.2, 0.25) is 0 Å². The Balaban J connectivity index is 2.01. The average Bonchev–Trinajstić information content (AvgIpc) is 2.83. The lowest BCUT2D eigenvalue weighted by atomic mass is 9.84. The molecule has 0 nitrogen and oxygen atoms in total. The Morgan fingerprint density at radius 1 is 0.581 bits per heavy atom. The summed E-state index contributed by atoms with van der Waals surface area (Å²) in [5.74, 6) is 0. The van der Waals surface area contributed by atoms with Gasteiger partial charge in [-0.05, 0) is 61.8 Å². The Hall–Kier alpha value is -3.90. The van der Waals surface area contributed by atoms with E-state index in [0.717, 1.165) is 5.56 Å². The second-order valence-electron chi connectivity index (χ2n) is 7.72. The monoisotopic (exact) mass is 396 g/mol. The highest BCUT2D eigenvalue weighted by molar-refractivity contribution is 6.22. The maximum Gasteiger partial charge on any atom is -0.00201 e. The fourth-order valence-electron chi connectivity index (χ4n) is 4.67. The van der Waals surface area contributed by atoms with Gasteiger partial charge in [0.05, 0.1) is 0 Å². The number of allylic oxidation sites excluding steroid dienone is 1. The molecule has 0 heteroatoms. The molecule has 5 aromatic carbocycles. The standard InChI is InChI=1S/C31H24/c1-3-13-24-22(4-2)16-12-21-25(24)31-28-19-10-8-17-26(28)30(23-14-6-5-7-15-23)27-18-9-11-20-29(27)31/h3-21H,2H2,1H3/b13-3-. The van der Waals surface area contributed by atoms with E-state index >= 15 is 0 Å². The second-order valence-corrected chi connectivity index (χ2v) is 7.72. The minimum Gasteiger partial charge on any atom is -0.0984 e. The Kier molecular flexibility index (Phi) is 4.98. The van der Waals surface area contributed by atoms with Gasteiger partial charge in [0.15, 0.2) is 0 Å². The summed E-state index contributed by atoms with van der Waals surface area (Å²) in [5.41, 5.74) is 7.42. The van der Waals surface area contributed by atoms with Crippen LogP contribution in [0.25, 0.3) is 56.0 Å². The van der Waals surface area contributed by atoms with Crippen LogP contribution in [0.3, 0.4) is 0 Å². The van der Waals surface area contributed by atoms with Gasteiger partial charge in [0, 0.05) is 0 Å². The van der Waals surface area contributed by atoms with Gasteiger partial charge in [-0.3, -0.25) is 0 Å². The van der Waals surface area contributed by atoms with E-state index < -0.39 is 0 Å². The predicted octanol–water partition coefficient (Wildman–Crippen LogP) is 9.00. The molecule has 0 spiro atoms. The Bertz CT molecular complexity index is 1380. The molecule has 0 aromatic heterocycles. The van der Waals surface area contributed by atoms with E-state index in [9.17, 15) is 0 Å². The lowest BCUT2D eigenvalue weighted by molar-refractivity contribution is 1.59. The second kappa shape index (κ2) is 8.08. The summed E-state index contributed by atoms with van der Waals surface area (Å²) in [5, 5.41) is 5.09. The molecule has 0 saturated heterocycles. The highest BCUT2D eigenvalue weighted by atomic mass is 14.2. The van der Waals surface area contributed by atoms with Gasteiger partial charge in [-0.2, -0.15) is 0 Å². The molecular formula is C31H24. The predicted molar refractivity (Wildman–Crippen MR) is 137 cm³/mol. The third-order valence-corrected chi connectivity index (χ3v) is 5.96. The zero-order valence-electron chi connectivity index (χ0n) is 17.7. The largest absolute Gasteiger partial charge is 0.0984 e. The summed E-state index contributed by atoms with van der Waals surface area (Å²) in [4.78, 5) is 0. The molecular weight excluding hydrogens is 372 g/mol. The average molecular weight is 397 g/mol. The number of hydrogen-bond donors (Lipinski definition) is 0. The maximum absolute atomic E-state index is 4.05. The zero-order chi connectivity index (χ0) is 21.2. The number of hydrogen-bond acceptors (Lipinski definition) is 0. The van der Waals surface area contributed by atoms with Crippen LogP contribution in [0.5, 0.6) is 0 Å². The highest BCUT2D eigenvalue weighted by Crippen LogP contribution is 2.44. The first-order valence-electron chi connectivity index (χ1n) is 10.7. The minimum absolute atomic E-state index is 1.15. The van der Waals surface area contributed by atoms with Crippen LogP contribution in [0.1, 0.15) is 18.1 Å². The molecule has 0 radical (unpaired) electrons. The summed E-state index contributed by atoms with van der Waals surface area (Å²) in [6, 6.07) is 34.8. The van der Waals surface area contributed by atoms with Crippen molar-refractivity contribution in [3.8, 4) is 22.3 Å². The molecule has 0 saturated carbocycles. The number of benzene rings is 5. The van der Waals surface area contributed by atoms with Gasteiger partial charge in [-0.1, -0.05) is 122 Å². The zero-order valence-corrected chi connectivity index (χ0v) is 17.7. The SMILES string of the molecule is C=Cc1cccc(-c2c3ccccc3c(-c3ccccc3)c3ccccc23)c1/C=C\C. The summed E-state index contributed by atoms with van der Waals surface area (Å²) in [6.45, 7) is 6.12. The van der Waals surface area contributed by atoms with Crippen LogP contribution in [-0.2, 0) is 0 Å². The van der Waals surface area contributed by atoms with Crippen molar-refractivity contribution in [2.45, 2.75) is 6.92 Å². The minimum atomic E-state index is 1.15. The first-order valence-corrected chi connectivity index (χ1v) is 10.7. The number of fused-ring (bicyclic) bond motifs is 2. The quantitative estimate of drug-likeness (QED) is 0.266. The molecule has 0 N–H and O–H groups in total. The first-order chi connectivity index (χ1) is 15.3. The van der Waals surface area contributed by atoms with Crippen molar-refractivity contribution in [3.05, 3.63) is 121 Å². The van der Waals surface area contributed by atoms with Gasteiger partial charge in [-0.15, -0.1) is 0 Å². The van der Waals surface area contributed by atoms with Gasteiger partial charge in [0.2, 0.25) is 0 Å². The third kappa shape index (κ3) is 3.17. The fraction of sp³-hybridized carbons (Fsp3) is 0.0323. The van der Waals surface area contributed by atoms with Gasteiger partial charge >= 0.3 is 0 Å².